The fraction of sp³-hybridized carbons (Fsp3) is 0.500. The molecule has 0 heterocycles. The highest BCUT2D eigenvalue weighted by Gasteiger charge is 2.08. The molecule has 0 aliphatic rings. The fourth-order valence-electron chi connectivity index (χ4n) is 1.88. The molecule has 0 saturated carbocycles. The molecule has 0 unspecified atom stereocenters. The molecule has 1 rings (SSSR count). The van der Waals surface area contributed by atoms with E-state index in [9.17, 15) is 9.59 Å². The van der Waals surface area contributed by atoms with Crippen molar-refractivity contribution in [3.63, 3.8) is 0 Å². The van der Waals surface area contributed by atoms with Gasteiger partial charge in [-0.25, -0.2) is 0 Å². The number of aryl methyl sites for hydroxylation is 1. The van der Waals surface area contributed by atoms with Gasteiger partial charge in [0.1, 0.15) is 5.75 Å². The highest BCUT2D eigenvalue weighted by Crippen LogP contribution is 2.19. The summed E-state index contributed by atoms with van der Waals surface area (Å²) < 4.78 is 5.51. The Bertz CT molecular complexity index is 472. The molecule has 0 aliphatic carbocycles. The number of rotatable bonds is 7. The smallest absolute Gasteiger partial charge is 0.238 e. The number of benzene rings is 1. The molecular weight excluding hydrogens is 268 g/mol. The number of carbonyl (C=O) groups is 2. The van der Waals surface area contributed by atoms with Gasteiger partial charge in [-0.2, -0.15) is 0 Å². The Morgan fingerprint density at radius 3 is 2.48 bits per heavy atom. The van der Waals surface area contributed by atoms with Gasteiger partial charge < -0.3 is 4.74 Å². The number of hydrogen-bond donors (Lipinski definition) is 2. The van der Waals surface area contributed by atoms with Crippen LogP contribution >= 0.6 is 0 Å². The van der Waals surface area contributed by atoms with E-state index < -0.39 is 0 Å². The number of para-hydroxylation sites is 1. The van der Waals surface area contributed by atoms with E-state index in [1.54, 1.807) is 0 Å². The van der Waals surface area contributed by atoms with Gasteiger partial charge in [0.25, 0.3) is 0 Å². The van der Waals surface area contributed by atoms with Crippen LogP contribution in [0.5, 0.6) is 5.75 Å². The maximum Gasteiger partial charge on any atom is 0.238 e. The number of ether oxygens (including phenoxy) is 1. The minimum Gasteiger partial charge on any atom is -0.494 e. The molecule has 116 valence electrons. The van der Waals surface area contributed by atoms with Crippen molar-refractivity contribution < 1.29 is 14.3 Å². The maximum atomic E-state index is 11.7. The first-order valence-corrected chi connectivity index (χ1v) is 7.31. The van der Waals surface area contributed by atoms with Crippen LogP contribution in [0.1, 0.15) is 39.2 Å². The molecule has 1 aromatic carbocycles. The number of amides is 2. The average molecular weight is 292 g/mol. The predicted molar refractivity (Wildman–Crippen MR) is 81.7 cm³/mol. The summed E-state index contributed by atoms with van der Waals surface area (Å²) in [5, 5.41) is 0. The topological polar surface area (TPSA) is 67.4 Å². The second kappa shape index (κ2) is 9.00. The van der Waals surface area contributed by atoms with Crippen LogP contribution in [0.25, 0.3) is 0 Å². The highest BCUT2D eigenvalue weighted by molar-refractivity contribution is 5.82. The number of nitrogens with one attached hydrogen (secondary N) is 2. The van der Waals surface area contributed by atoms with Gasteiger partial charge in [-0.1, -0.05) is 32.0 Å². The normalized spacial score (nSPS) is 10.3. The van der Waals surface area contributed by atoms with Crippen LogP contribution in [-0.2, 0) is 16.0 Å². The lowest BCUT2D eigenvalue weighted by Gasteiger charge is -2.11. The zero-order chi connectivity index (χ0) is 15.7. The summed E-state index contributed by atoms with van der Waals surface area (Å²) in [6.07, 6.45) is 1.27. The van der Waals surface area contributed by atoms with E-state index in [-0.39, 0.29) is 17.7 Å². The third-order valence-electron chi connectivity index (χ3n) is 2.83. The summed E-state index contributed by atoms with van der Waals surface area (Å²) >= 11 is 0. The minimum atomic E-state index is -0.210. The summed E-state index contributed by atoms with van der Waals surface area (Å²) in [4.78, 5) is 23.1. The largest absolute Gasteiger partial charge is 0.494 e. The Morgan fingerprint density at radius 2 is 1.81 bits per heavy atom. The second-order valence-corrected chi connectivity index (χ2v) is 5.24. The van der Waals surface area contributed by atoms with E-state index in [2.05, 4.69) is 10.9 Å². The predicted octanol–water partition coefficient (Wildman–Crippen LogP) is 2.21. The molecular formula is C16H24N2O3. The van der Waals surface area contributed by atoms with E-state index >= 15 is 0 Å². The van der Waals surface area contributed by atoms with Gasteiger partial charge in [0.15, 0.2) is 0 Å². The Labute approximate surface area is 126 Å². The first-order valence-electron chi connectivity index (χ1n) is 7.31. The van der Waals surface area contributed by atoms with Crippen molar-refractivity contribution in [3.05, 3.63) is 29.8 Å². The van der Waals surface area contributed by atoms with Crippen LogP contribution in [0.3, 0.4) is 0 Å². The van der Waals surface area contributed by atoms with Gasteiger partial charge in [-0.3, -0.25) is 20.4 Å². The fourth-order valence-corrected chi connectivity index (χ4v) is 1.88. The van der Waals surface area contributed by atoms with Crippen molar-refractivity contribution in [2.24, 2.45) is 5.92 Å². The van der Waals surface area contributed by atoms with Crippen molar-refractivity contribution in [1.29, 1.82) is 0 Å². The van der Waals surface area contributed by atoms with E-state index in [1.807, 2.05) is 45.0 Å². The Hall–Kier alpha value is -2.04. The van der Waals surface area contributed by atoms with Crippen molar-refractivity contribution in [1.82, 2.24) is 10.9 Å². The Morgan fingerprint density at radius 1 is 1.14 bits per heavy atom. The molecule has 21 heavy (non-hydrogen) atoms. The number of hydrogen-bond acceptors (Lipinski definition) is 3. The van der Waals surface area contributed by atoms with Crippen molar-refractivity contribution in [2.75, 3.05) is 6.61 Å². The SMILES string of the molecule is CCOc1ccccc1CCC(=O)NNC(=O)CC(C)C. The lowest BCUT2D eigenvalue weighted by Crippen LogP contribution is -2.42. The van der Waals surface area contributed by atoms with E-state index in [0.29, 0.717) is 25.9 Å². The van der Waals surface area contributed by atoms with E-state index in [4.69, 9.17) is 4.74 Å². The third-order valence-corrected chi connectivity index (χ3v) is 2.83. The summed E-state index contributed by atoms with van der Waals surface area (Å²) in [5.41, 5.74) is 5.84. The molecule has 0 aromatic heterocycles. The molecule has 1 aromatic rings. The van der Waals surface area contributed by atoms with Gasteiger partial charge >= 0.3 is 0 Å². The molecule has 0 fully saturated rings. The first kappa shape index (κ1) is 17.0. The molecule has 2 amide bonds. The Kier molecular flexibility index (Phi) is 7.29. The quantitative estimate of drug-likeness (QED) is 0.757. The molecule has 5 heteroatoms. The van der Waals surface area contributed by atoms with Crippen LogP contribution in [0, 0.1) is 5.92 Å². The van der Waals surface area contributed by atoms with E-state index in [0.717, 1.165) is 11.3 Å². The highest BCUT2D eigenvalue weighted by atomic mass is 16.5. The molecule has 0 spiro atoms. The summed E-state index contributed by atoms with van der Waals surface area (Å²) in [6, 6.07) is 7.65. The zero-order valence-electron chi connectivity index (χ0n) is 12.9. The molecule has 5 nitrogen and oxygen atoms in total. The van der Waals surface area contributed by atoms with Gasteiger partial charge in [0.05, 0.1) is 6.61 Å². The van der Waals surface area contributed by atoms with Crippen LogP contribution < -0.4 is 15.6 Å². The number of hydrazine groups is 1. The van der Waals surface area contributed by atoms with Gasteiger partial charge in [0.2, 0.25) is 11.8 Å². The molecule has 0 saturated heterocycles. The van der Waals surface area contributed by atoms with Gasteiger partial charge in [-0.15, -0.1) is 0 Å². The van der Waals surface area contributed by atoms with Crippen LogP contribution in [0.4, 0.5) is 0 Å². The van der Waals surface area contributed by atoms with Crippen LogP contribution in [-0.4, -0.2) is 18.4 Å². The molecule has 0 bridgehead atoms. The Balaban J connectivity index is 2.38. The molecule has 0 aliphatic heterocycles. The van der Waals surface area contributed by atoms with Gasteiger partial charge in [-0.05, 0) is 30.9 Å². The monoisotopic (exact) mass is 292 g/mol. The third kappa shape index (κ3) is 6.79. The first-order chi connectivity index (χ1) is 10.0. The van der Waals surface area contributed by atoms with Crippen molar-refractivity contribution >= 4 is 11.8 Å². The average Bonchev–Trinajstić information content (AvgIpc) is 2.44. The maximum absolute atomic E-state index is 11.7. The van der Waals surface area contributed by atoms with Crippen LogP contribution in [0.15, 0.2) is 24.3 Å². The summed E-state index contributed by atoms with van der Waals surface area (Å²) in [7, 11) is 0. The minimum absolute atomic E-state index is 0.173. The van der Waals surface area contributed by atoms with Gasteiger partial charge in [0, 0.05) is 12.8 Å². The lowest BCUT2D eigenvalue weighted by molar-refractivity contribution is -0.129. The summed E-state index contributed by atoms with van der Waals surface area (Å²) in [6.45, 7) is 6.42. The zero-order valence-corrected chi connectivity index (χ0v) is 12.9. The van der Waals surface area contributed by atoms with Crippen molar-refractivity contribution in [3.8, 4) is 5.75 Å². The number of carbonyl (C=O) groups excluding carboxylic acids is 2. The summed E-state index contributed by atoms with van der Waals surface area (Å²) in [5.74, 6) is 0.683. The van der Waals surface area contributed by atoms with E-state index in [1.165, 1.54) is 0 Å². The lowest BCUT2D eigenvalue weighted by atomic mass is 10.1. The standard InChI is InChI=1S/C16H24N2O3/c1-4-21-14-8-6-5-7-13(14)9-10-15(19)17-18-16(20)11-12(2)3/h5-8,12H,4,9-11H2,1-3H3,(H,17,19)(H,18,20). The molecule has 0 radical (unpaired) electrons. The van der Waals surface area contributed by atoms with Crippen molar-refractivity contribution in [2.45, 2.75) is 40.0 Å². The molecule has 0 atom stereocenters. The van der Waals surface area contributed by atoms with Crippen LogP contribution in [0.2, 0.25) is 0 Å². The second-order valence-electron chi connectivity index (χ2n) is 5.24. The molecule has 2 N–H and O–H groups in total.